The van der Waals surface area contributed by atoms with Gasteiger partial charge < -0.3 is 9.52 Å². The lowest BCUT2D eigenvalue weighted by atomic mass is 10.2. The first-order chi connectivity index (χ1) is 11.1. The smallest absolute Gasteiger partial charge is 0.226 e. The van der Waals surface area contributed by atoms with E-state index in [9.17, 15) is 8.78 Å². The molecule has 2 rings (SSSR count). The highest BCUT2D eigenvalue weighted by Gasteiger charge is 2.12. The van der Waals surface area contributed by atoms with Crippen LogP contribution in [-0.2, 0) is 6.54 Å². The Labute approximate surface area is 134 Å². The minimum absolute atomic E-state index is 0.0833. The van der Waals surface area contributed by atoms with Gasteiger partial charge in [-0.2, -0.15) is 0 Å². The predicted octanol–water partition coefficient (Wildman–Crippen LogP) is 3.60. The zero-order chi connectivity index (χ0) is 16.7. The molecular weight excluding hydrogens is 302 g/mol. The number of unbranched alkanes of at least 4 members (excludes halogenated alkanes) is 2. The Morgan fingerprint density at radius 1 is 1.17 bits per heavy atom. The van der Waals surface area contributed by atoms with Crippen molar-refractivity contribution in [3.05, 3.63) is 41.8 Å². The van der Waals surface area contributed by atoms with Crippen molar-refractivity contribution in [3.8, 4) is 11.5 Å². The van der Waals surface area contributed by atoms with Gasteiger partial charge >= 0.3 is 0 Å². The highest BCUT2D eigenvalue weighted by molar-refractivity contribution is 5.53. The highest BCUT2D eigenvalue weighted by atomic mass is 19.2. The van der Waals surface area contributed by atoms with E-state index in [4.69, 9.17) is 9.52 Å². The topological polar surface area (TPSA) is 49.5 Å². The van der Waals surface area contributed by atoms with Crippen molar-refractivity contribution in [2.75, 3.05) is 19.7 Å². The fraction of sp³-hybridized carbons (Fsp3) is 0.471. The molecular formula is C17H22F2N2O2. The summed E-state index contributed by atoms with van der Waals surface area (Å²) in [7, 11) is 0. The zero-order valence-electron chi connectivity index (χ0n) is 13.3. The van der Waals surface area contributed by atoms with Crippen LogP contribution in [0.1, 0.15) is 31.9 Å². The molecule has 23 heavy (non-hydrogen) atoms. The van der Waals surface area contributed by atoms with Crippen molar-refractivity contribution in [2.24, 2.45) is 0 Å². The van der Waals surface area contributed by atoms with E-state index in [1.54, 1.807) is 0 Å². The zero-order valence-corrected chi connectivity index (χ0v) is 13.3. The van der Waals surface area contributed by atoms with E-state index < -0.39 is 11.6 Å². The summed E-state index contributed by atoms with van der Waals surface area (Å²) in [6.45, 7) is 4.22. The van der Waals surface area contributed by atoms with Gasteiger partial charge in [-0.1, -0.05) is 19.8 Å². The number of aliphatic hydroxyl groups is 1. The summed E-state index contributed by atoms with van der Waals surface area (Å²) in [5.74, 6) is -1.56. The van der Waals surface area contributed by atoms with Crippen LogP contribution in [0.25, 0.3) is 11.5 Å². The van der Waals surface area contributed by atoms with Gasteiger partial charge in [-0.25, -0.2) is 13.8 Å². The Morgan fingerprint density at radius 2 is 2.00 bits per heavy atom. The molecule has 4 nitrogen and oxygen atoms in total. The summed E-state index contributed by atoms with van der Waals surface area (Å²) in [4.78, 5) is 6.42. The minimum atomic E-state index is -0.927. The van der Waals surface area contributed by atoms with Crippen LogP contribution in [0.2, 0.25) is 0 Å². The molecule has 0 amide bonds. The number of aliphatic hydroxyl groups excluding tert-OH is 1. The largest absolute Gasteiger partial charge is 0.444 e. The third-order valence-electron chi connectivity index (χ3n) is 3.60. The number of benzene rings is 1. The number of hydrogen-bond acceptors (Lipinski definition) is 4. The van der Waals surface area contributed by atoms with Gasteiger partial charge in [0.15, 0.2) is 11.6 Å². The first-order valence-corrected chi connectivity index (χ1v) is 7.87. The molecule has 6 heteroatoms. The average molecular weight is 324 g/mol. The van der Waals surface area contributed by atoms with Crippen LogP contribution in [0.5, 0.6) is 0 Å². The summed E-state index contributed by atoms with van der Waals surface area (Å²) >= 11 is 0. The first kappa shape index (κ1) is 17.6. The molecule has 0 aliphatic rings. The van der Waals surface area contributed by atoms with E-state index in [0.29, 0.717) is 24.3 Å². The van der Waals surface area contributed by atoms with Gasteiger partial charge in [0.1, 0.15) is 6.26 Å². The Kier molecular flexibility index (Phi) is 6.67. The van der Waals surface area contributed by atoms with Crippen LogP contribution in [-0.4, -0.2) is 34.7 Å². The fourth-order valence-corrected chi connectivity index (χ4v) is 2.37. The highest BCUT2D eigenvalue weighted by Crippen LogP contribution is 2.21. The van der Waals surface area contributed by atoms with E-state index in [2.05, 4.69) is 16.8 Å². The summed E-state index contributed by atoms with van der Waals surface area (Å²) in [6.07, 6.45) is 4.85. The Morgan fingerprint density at radius 3 is 2.70 bits per heavy atom. The van der Waals surface area contributed by atoms with Crippen LogP contribution in [0.15, 0.2) is 28.9 Å². The lowest BCUT2D eigenvalue weighted by molar-refractivity contribution is 0.186. The molecule has 126 valence electrons. The Balaban J connectivity index is 2.03. The predicted molar refractivity (Wildman–Crippen MR) is 83.7 cm³/mol. The molecule has 1 N–H and O–H groups in total. The maximum absolute atomic E-state index is 13.3. The lowest BCUT2D eigenvalue weighted by Gasteiger charge is -2.19. The molecule has 0 saturated heterocycles. The molecule has 0 bridgehead atoms. The SMILES string of the molecule is CCCCCN(CCO)Cc1coc(-c2ccc(F)c(F)c2)n1. The van der Waals surface area contributed by atoms with Crippen molar-refractivity contribution < 1.29 is 18.3 Å². The molecule has 0 radical (unpaired) electrons. The molecule has 0 unspecified atom stereocenters. The summed E-state index contributed by atoms with van der Waals surface area (Å²) < 4.78 is 31.6. The lowest BCUT2D eigenvalue weighted by Crippen LogP contribution is -2.27. The van der Waals surface area contributed by atoms with Crippen molar-refractivity contribution >= 4 is 0 Å². The van der Waals surface area contributed by atoms with E-state index in [1.165, 1.54) is 12.3 Å². The van der Waals surface area contributed by atoms with Gasteiger partial charge in [-0.3, -0.25) is 4.90 Å². The van der Waals surface area contributed by atoms with Crippen LogP contribution < -0.4 is 0 Å². The molecule has 0 spiro atoms. The molecule has 0 fully saturated rings. The van der Waals surface area contributed by atoms with E-state index >= 15 is 0 Å². The van der Waals surface area contributed by atoms with Crippen molar-refractivity contribution in [1.29, 1.82) is 0 Å². The second-order valence-electron chi connectivity index (χ2n) is 5.48. The second kappa shape index (κ2) is 8.74. The maximum Gasteiger partial charge on any atom is 0.226 e. The van der Waals surface area contributed by atoms with Gasteiger partial charge in [-0.15, -0.1) is 0 Å². The number of rotatable bonds is 9. The van der Waals surface area contributed by atoms with Crippen LogP contribution in [0, 0.1) is 11.6 Å². The van der Waals surface area contributed by atoms with Crippen molar-refractivity contribution in [3.63, 3.8) is 0 Å². The second-order valence-corrected chi connectivity index (χ2v) is 5.48. The third-order valence-corrected chi connectivity index (χ3v) is 3.60. The number of halogens is 2. The van der Waals surface area contributed by atoms with Gasteiger partial charge in [0.25, 0.3) is 0 Å². The Hall–Kier alpha value is -1.79. The number of aromatic nitrogens is 1. The molecule has 1 heterocycles. The Bertz CT molecular complexity index is 616. The molecule has 0 atom stereocenters. The monoisotopic (exact) mass is 324 g/mol. The molecule has 0 aliphatic heterocycles. The number of nitrogens with zero attached hydrogens (tertiary/aromatic N) is 2. The third kappa shape index (κ3) is 5.11. The molecule has 1 aromatic heterocycles. The molecule has 2 aromatic rings. The van der Waals surface area contributed by atoms with Gasteiger partial charge in [0.2, 0.25) is 5.89 Å². The summed E-state index contributed by atoms with van der Waals surface area (Å²) in [5, 5.41) is 9.15. The van der Waals surface area contributed by atoms with Crippen LogP contribution in [0.4, 0.5) is 8.78 Å². The first-order valence-electron chi connectivity index (χ1n) is 7.87. The summed E-state index contributed by atoms with van der Waals surface area (Å²) in [6, 6.07) is 3.55. The van der Waals surface area contributed by atoms with E-state index in [1.807, 2.05) is 0 Å². The average Bonchev–Trinajstić information content (AvgIpc) is 2.99. The van der Waals surface area contributed by atoms with Crippen molar-refractivity contribution in [1.82, 2.24) is 9.88 Å². The fourth-order valence-electron chi connectivity index (χ4n) is 2.37. The summed E-state index contributed by atoms with van der Waals surface area (Å²) in [5.41, 5.74) is 1.10. The minimum Gasteiger partial charge on any atom is -0.444 e. The van der Waals surface area contributed by atoms with E-state index in [-0.39, 0.29) is 12.5 Å². The molecule has 0 aliphatic carbocycles. The molecule has 1 aromatic carbocycles. The normalized spacial score (nSPS) is 11.3. The van der Waals surface area contributed by atoms with Crippen LogP contribution in [0.3, 0.4) is 0 Å². The van der Waals surface area contributed by atoms with Gasteiger partial charge in [-0.05, 0) is 31.2 Å². The number of oxazole rings is 1. The maximum atomic E-state index is 13.3. The van der Waals surface area contributed by atoms with Crippen molar-refractivity contribution in [2.45, 2.75) is 32.7 Å². The quantitative estimate of drug-likeness (QED) is 0.716. The number of hydrogen-bond donors (Lipinski definition) is 1. The molecule has 0 saturated carbocycles. The van der Waals surface area contributed by atoms with Gasteiger partial charge in [0, 0.05) is 18.7 Å². The van der Waals surface area contributed by atoms with Gasteiger partial charge in [0.05, 0.1) is 12.3 Å². The van der Waals surface area contributed by atoms with E-state index in [0.717, 1.165) is 37.9 Å². The van der Waals surface area contributed by atoms with Crippen LogP contribution >= 0.6 is 0 Å². The standard InChI is InChI=1S/C17H22F2N2O2/c1-2-3-4-7-21(8-9-22)11-14-12-23-17(20-14)13-5-6-15(18)16(19)10-13/h5-6,10,12,22H,2-4,7-9,11H2,1H3.